The molecule has 1 atom stereocenters. The first-order valence-corrected chi connectivity index (χ1v) is 7.57. The highest BCUT2D eigenvalue weighted by molar-refractivity contribution is 5.75. The molecule has 0 saturated carbocycles. The lowest BCUT2D eigenvalue weighted by molar-refractivity contribution is -0.143. The Kier molecular flexibility index (Phi) is 4.71. The lowest BCUT2D eigenvalue weighted by atomic mass is 10.1. The summed E-state index contributed by atoms with van der Waals surface area (Å²) in [5.41, 5.74) is 6.88. The van der Waals surface area contributed by atoms with Gasteiger partial charge in [0.1, 0.15) is 11.9 Å². The standard InChI is InChI=1S/C17H17N5O3/c1-22(15(17(23)24)12-7-8-13(18)19-9-12)10-14-20-21-16(25-14)11-5-3-2-4-6-11/h2-9,15H,10H2,1H3,(H2,18,19)(H,23,24)/t15-/m0/s1. The van der Waals surface area contributed by atoms with Gasteiger partial charge in [0.2, 0.25) is 11.8 Å². The van der Waals surface area contributed by atoms with Crippen LogP contribution in [0.2, 0.25) is 0 Å². The maximum absolute atomic E-state index is 11.7. The Balaban J connectivity index is 1.78. The van der Waals surface area contributed by atoms with Gasteiger partial charge in [0.25, 0.3) is 0 Å². The zero-order valence-corrected chi connectivity index (χ0v) is 13.5. The summed E-state index contributed by atoms with van der Waals surface area (Å²) in [5.74, 6) is 0.0536. The molecule has 0 aliphatic carbocycles. The van der Waals surface area contributed by atoms with Crippen LogP contribution in [0.15, 0.2) is 53.1 Å². The van der Waals surface area contributed by atoms with E-state index in [9.17, 15) is 9.90 Å². The van der Waals surface area contributed by atoms with E-state index in [-0.39, 0.29) is 6.54 Å². The molecule has 3 rings (SSSR count). The van der Waals surface area contributed by atoms with Crippen molar-refractivity contribution < 1.29 is 14.3 Å². The van der Waals surface area contributed by atoms with Crippen molar-refractivity contribution in [3.05, 3.63) is 60.1 Å². The number of carboxylic acids is 1. The highest BCUT2D eigenvalue weighted by Gasteiger charge is 2.26. The van der Waals surface area contributed by atoms with Crippen LogP contribution in [0.5, 0.6) is 0 Å². The number of benzene rings is 1. The van der Waals surface area contributed by atoms with Gasteiger partial charge in [-0.05, 0) is 30.8 Å². The highest BCUT2D eigenvalue weighted by Crippen LogP contribution is 2.23. The molecule has 2 heterocycles. The normalized spacial score (nSPS) is 12.2. The van der Waals surface area contributed by atoms with E-state index in [1.165, 1.54) is 6.20 Å². The first kappa shape index (κ1) is 16.6. The van der Waals surface area contributed by atoms with E-state index in [4.69, 9.17) is 10.2 Å². The van der Waals surface area contributed by atoms with Crippen molar-refractivity contribution in [2.75, 3.05) is 12.8 Å². The SMILES string of the molecule is CN(Cc1nnc(-c2ccccc2)o1)[C@H](C(=O)O)c1ccc(N)nc1. The largest absolute Gasteiger partial charge is 0.480 e. The van der Waals surface area contributed by atoms with E-state index < -0.39 is 12.0 Å². The molecular formula is C17H17N5O3. The molecule has 0 fully saturated rings. The Labute approximate surface area is 143 Å². The smallest absolute Gasteiger partial charge is 0.325 e. The van der Waals surface area contributed by atoms with Gasteiger partial charge < -0.3 is 15.3 Å². The zero-order valence-electron chi connectivity index (χ0n) is 13.5. The average molecular weight is 339 g/mol. The molecule has 3 N–H and O–H groups in total. The van der Waals surface area contributed by atoms with Gasteiger partial charge in [-0.1, -0.05) is 24.3 Å². The summed E-state index contributed by atoms with van der Waals surface area (Å²) in [6.45, 7) is 0.182. The second-order valence-electron chi connectivity index (χ2n) is 5.54. The summed E-state index contributed by atoms with van der Waals surface area (Å²) in [5, 5.41) is 17.6. The number of nitrogens with two attached hydrogens (primary N) is 1. The lowest BCUT2D eigenvalue weighted by Crippen LogP contribution is -2.30. The van der Waals surface area contributed by atoms with Gasteiger partial charge in [-0.25, -0.2) is 4.98 Å². The van der Waals surface area contributed by atoms with Crippen molar-refractivity contribution in [3.8, 4) is 11.5 Å². The number of rotatable bonds is 6. The second-order valence-corrected chi connectivity index (χ2v) is 5.54. The Morgan fingerprint density at radius 1 is 1.24 bits per heavy atom. The molecule has 2 aromatic heterocycles. The predicted octanol–water partition coefficient (Wildman–Crippen LogP) is 1.97. The number of pyridine rings is 1. The predicted molar refractivity (Wildman–Crippen MR) is 90.2 cm³/mol. The molecule has 0 saturated heterocycles. The van der Waals surface area contributed by atoms with Crippen molar-refractivity contribution in [2.24, 2.45) is 0 Å². The molecule has 0 unspecified atom stereocenters. The first-order chi connectivity index (χ1) is 12.0. The fraction of sp³-hybridized carbons (Fsp3) is 0.176. The fourth-order valence-electron chi connectivity index (χ4n) is 2.48. The Bertz CT molecular complexity index is 848. The minimum atomic E-state index is -1.00. The molecule has 8 heteroatoms. The molecule has 0 bridgehead atoms. The van der Waals surface area contributed by atoms with Gasteiger partial charge in [0.15, 0.2) is 0 Å². The van der Waals surface area contributed by atoms with Crippen LogP contribution in [0.25, 0.3) is 11.5 Å². The summed E-state index contributed by atoms with van der Waals surface area (Å²) in [6, 6.07) is 11.7. The third-order valence-corrected chi connectivity index (χ3v) is 3.67. The molecule has 0 spiro atoms. The lowest BCUT2D eigenvalue weighted by Gasteiger charge is -2.23. The van der Waals surface area contributed by atoms with Crippen LogP contribution in [0.3, 0.4) is 0 Å². The van der Waals surface area contributed by atoms with Crippen molar-refractivity contribution >= 4 is 11.8 Å². The van der Waals surface area contributed by atoms with E-state index >= 15 is 0 Å². The van der Waals surface area contributed by atoms with E-state index in [1.807, 2.05) is 30.3 Å². The number of carboxylic acid groups (broad SMARTS) is 1. The quantitative estimate of drug-likeness (QED) is 0.700. The Morgan fingerprint density at radius 2 is 2.00 bits per heavy atom. The van der Waals surface area contributed by atoms with Gasteiger partial charge in [0, 0.05) is 11.8 Å². The van der Waals surface area contributed by atoms with Gasteiger partial charge in [-0.15, -0.1) is 10.2 Å². The van der Waals surface area contributed by atoms with Gasteiger partial charge in [-0.3, -0.25) is 9.69 Å². The monoisotopic (exact) mass is 339 g/mol. The van der Waals surface area contributed by atoms with Crippen LogP contribution in [-0.4, -0.2) is 38.2 Å². The molecule has 128 valence electrons. The van der Waals surface area contributed by atoms with Crippen LogP contribution < -0.4 is 5.73 Å². The van der Waals surface area contributed by atoms with E-state index in [0.29, 0.717) is 23.2 Å². The molecule has 0 aliphatic heterocycles. The molecule has 25 heavy (non-hydrogen) atoms. The van der Waals surface area contributed by atoms with E-state index in [0.717, 1.165) is 5.56 Å². The second kappa shape index (κ2) is 7.10. The molecule has 0 radical (unpaired) electrons. The number of anilines is 1. The van der Waals surface area contributed by atoms with Crippen LogP contribution >= 0.6 is 0 Å². The maximum Gasteiger partial charge on any atom is 0.325 e. The molecular weight excluding hydrogens is 322 g/mol. The minimum absolute atomic E-state index is 0.182. The van der Waals surface area contributed by atoms with Crippen molar-refractivity contribution in [2.45, 2.75) is 12.6 Å². The molecule has 0 amide bonds. The number of hydrogen-bond donors (Lipinski definition) is 2. The van der Waals surface area contributed by atoms with Gasteiger partial charge in [-0.2, -0.15) is 0 Å². The van der Waals surface area contributed by atoms with Gasteiger partial charge >= 0.3 is 5.97 Å². The van der Waals surface area contributed by atoms with Crippen LogP contribution in [-0.2, 0) is 11.3 Å². The zero-order chi connectivity index (χ0) is 17.8. The van der Waals surface area contributed by atoms with Crippen LogP contribution in [0.1, 0.15) is 17.5 Å². The topological polar surface area (TPSA) is 118 Å². The Hall–Kier alpha value is -3.26. The number of aromatic nitrogens is 3. The molecule has 1 aromatic carbocycles. The Morgan fingerprint density at radius 3 is 2.64 bits per heavy atom. The number of carbonyl (C=O) groups is 1. The number of aliphatic carboxylic acids is 1. The van der Waals surface area contributed by atoms with E-state index in [1.54, 1.807) is 24.1 Å². The fourth-order valence-corrected chi connectivity index (χ4v) is 2.48. The van der Waals surface area contributed by atoms with E-state index in [2.05, 4.69) is 15.2 Å². The molecule has 3 aromatic rings. The van der Waals surface area contributed by atoms with Crippen molar-refractivity contribution in [1.29, 1.82) is 0 Å². The average Bonchev–Trinajstić information content (AvgIpc) is 3.06. The maximum atomic E-state index is 11.7. The number of nitrogens with zero attached hydrogens (tertiary/aromatic N) is 4. The summed E-state index contributed by atoms with van der Waals surface area (Å²) >= 11 is 0. The third-order valence-electron chi connectivity index (χ3n) is 3.67. The summed E-state index contributed by atoms with van der Waals surface area (Å²) in [7, 11) is 1.67. The summed E-state index contributed by atoms with van der Waals surface area (Å²) < 4.78 is 5.63. The van der Waals surface area contributed by atoms with Gasteiger partial charge in [0.05, 0.1) is 6.54 Å². The van der Waals surface area contributed by atoms with Crippen LogP contribution in [0, 0.1) is 0 Å². The third kappa shape index (κ3) is 3.81. The number of likely N-dealkylation sites (N-methyl/N-ethyl adjacent to an activating group) is 1. The molecule has 0 aliphatic rings. The van der Waals surface area contributed by atoms with Crippen molar-refractivity contribution in [3.63, 3.8) is 0 Å². The summed E-state index contributed by atoms with van der Waals surface area (Å²) in [6.07, 6.45) is 1.45. The molecule has 8 nitrogen and oxygen atoms in total. The summed E-state index contributed by atoms with van der Waals surface area (Å²) in [4.78, 5) is 17.2. The minimum Gasteiger partial charge on any atom is -0.480 e. The highest BCUT2D eigenvalue weighted by atomic mass is 16.4. The number of hydrogen-bond acceptors (Lipinski definition) is 7. The first-order valence-electron chi connectivity index (χ1n) is 7.57. The van der Waals surface area contributed by atoms with Crippen LogP contribution in [0.4, 0.5) is 5.82 Å². The number of nitrogen functional groups attached to an aromatic ring is 1. The van der Waals surface area contributed by atoms with Crippen molar-refractivity contribution in [1.82, 2.24) is 20.1 Å².